The molecule has 0 heterocycles. The first-order valence-corrected chi connectivity index (χ1v) is 5.31. The van der Waals surface area contributed by atoms with Crippen LogP contribution in [0.5, 0.6) is 0 Å². The molecule has 0 aliphatic carbocycles. The normalized spacial score (nSPS) is 9.35. The van der Waals surface area contributed by atoms with Crippen LogP contribution in [-0.4, -0.2) is 12.6 Å². The molecule has 1 aromatic carbocycles. The number of benzene rings is 1. The Kier molecular flexibility index (Phi) is 4.80. The fourth-order valence-electron chi connectivity index (χ4n) is 1.11. The molecular weight excluding hydrogens is 245 g/mol. The number of nitrogens with two attached hydrogens (primary N) is 1. The highest BCUT2D eigenvalue weighted by Gasteiger charge is 2.05. The molecule has 0 aromatic heterocycles. The topological polar surface area (TPSA) is 52.3 Å². The predicted molar refractivity (Wildman–Crippen MR) is 64.0 cm³/mol. The Morgan fingerprint density at radius 2 is 2.29 bits per heavy atom. The summed E-state index contributed by atoms with van der Waals surface area (Å²) in [4.78, 5) is 11.0. The van der Waals surface area contributed by atoms with Gasteiger partial charge in [-0.1, -0.05) is 23.4 Å². The first-order valence-electron chi connectivity index (χ1n) is 4.93. The van der Waals surface area contributed by atoms with Crippen molar-refractivity contribution in [3.05, 3.63) is 28.5 Å². The standard InChI is InChI=1S/C12H11ClFNO2/c1-2-17-11(16)5-3-4-8-6-9(13)7-10(14)12(8)15/h6-7H,2,5,15H2,1H3. The van der Waals surface area contributed by atoms with Crippen LogP contribution in [0.4, 0.5) is 10.1 Å². The fraction of sp³-hybridized carbons (Fsp3) is 0.250. The summed E-state index contributed by atoms with van der Waals surface area (Å²) in [5.74, 6) is 4.08. The minimum atomic E-state index is -0.627. The second kappa shape index (κ2) is 6.12. The van der Waals surface area contributed by atoms with E-state index in [0.29, 0.717) is 6.61 Å². The molecule has 1 aromatic rings. The summed E-state index contributed by atoms with van der Waals surface area (Å²) in [5, 5.41) is 0.206. The molecule has 90 valence electrons. The Labute approximate surface area is 104 Å². The van der Waals surface area contributed by atoms with Crippen molar-refractivity contribution >= 4 is 23.3 Å². The van der Waals surface area contributed by atoms with Gasteiger partial charge < -0.3 is 10.5 Å². The second-order valence-electron chi connectivity index (χ2n) is 3.13. The molecule has 1 rings (SSSR count). The third-order valence-electron chi connectivity index (χ3n) is 1.86. The molecule has 0 fully saturated rings. The van der Waals surface area contributed by atoms with Crippen LogP contribution >= 0.6 is 11.6 Å². The molecule has 0 amide bonds. The Bertz CT molecular complexity index is 491. The van der Waals surface area contributed by atoms with Gasteiger partial charge >= 0.3 is 5.97 Å². The number of rotatable bonds is 2. The summed E-state index contributed by atoms with van der Waals surface area (Å²) in [7, 11) is 0. The Hall–Kier alpha value is -1.73. The van der Waals surface area contributed by atoms with E-state index in [4.69, 9.17) is 17.3 Å². The zero-order valence-electron chi connectivity index (χ0n) is 9.22. The van der Waals surface area contributed by atoms with Crippen LogP contribution in [0.15, 0.2) is 12.1 Å². The summed E-state index contributed by atoms with van der Waals surface area (Å²) in [6.45, 7) is 2.00. The molecule has 0 atom stereocenters. The summed E-state index contributed by atoms with van der Waals surface area (Å²) in [5.41, 5.74) is 5.66. The number of ether oxygens (including phenoxy) is 1. The van der Waals surface area contributed by atoms with Crippen LogP contribution in [0, 0.1) is 17.7 Å². The van der Waals surface area contributed by atoms with Gasteiger partial charge in [0.25, 0.3) is 0 Å². The van der Waals surface area contributed by atoms with Crippen molar-refractivity contribution < 1.29 is 13.9 Å². The number of esters is 1. The zero-order chi connectivity index (χ0) is 12.8. The van der Waals surface area contributed by atoms with Crippen molar-refractivity contribution in [2.75, 3.05) is 12.3 Å². The van der Waals surface area contributed by atoms with Crippen molar-refractivity contribution in [3.63, 3.8) is 0 Å². The predicted octanol–water partition coefficient (Wildman–Crippen LogP) is 2.37. The lowest BCUT2D eigenvalue weighted by Gasteiger charge is -2.00. The molecule has 0 bridgehead atoms. The lowest BCUT2D eigenvalue weighted by atomic mass is 10.1. The molecule has 0 saturated carbocycles. The third-order valence-corrected chi connectivity index (χ3v) is 2.07. The lowest BCUT2D eigenvalue weighted by Crippen LogP contribution is -2.01. The van der Waals surface area contributed by atoms with Crippen molar-refractivity contribution in [2.24, 2.45) is 0 Å². The van der Waals surface area contributed by atoms with Gasteiger partial charge in [0.15, 0.2) is 0 Å². The number of hydrogen-bond donors (Lipinski definition) is 1. The summed E-state index contributed by atoms with van der Waals surface area (Å²) >= 11 is 5.66. The monoisotopic (exact) mass is 255 g/mol. The van der Waals surface area contributed by atoms with Gasteiger partial charge in [0.05, 0.1) is 17.9 Å². The van der Waals surface area contributed by atoms with Crippen LogP contribution in [0.3, 0.4) is 0 Å². The second-order valence-corrected chi connectivity index (χ2v) is 3.57. The fourth-order valence-corrected chi connectivity index (χ4v) is 1.32. The summed E-state index contributed by atoms with van der Waals surface area (Å²) in [6.07, 6.45) is -0.0680. The molecule has 0 aliphatic rings. The SMILES string of the molecule is CCOC(=O)CC#Cc1cc(Cl)cc(F)c1N. The molecular formula is C12H11ClFNO2. The number of carbonyl (C=O) groups excluding carboxylic acids is 1. The number of anilines is 1. The zero-order valence-corrected chi connectivity index (χ0v) is 9.97. The van der Waals surface area contributed by atoms with Crippen molar-refractivity contribution in [1.82, 2.24) is 0 Å². The average Bonchev–Trinajstić information content (AvgIpc) is 2.25. The van der Waals surface area contributed by atoms with Crippen molar-refractivity contribution in [1.29, 1.82) is 0 Å². The minimum absolute atomic E-state index is 0.0680. The highest BCUT2D eigenvalue weighted by atomic mass is 35.5. The lowest BCUT2D eigenvalue weighted by molar-refractivity contribution is -0.141. The first-order chi connectivity index (χ1) is 8.04. The summed E-state index contributed by atoms with van der Waals surface area (Å²) in [6, 6.07) is 2.55. The highest BCUT2D eigenvalue weighted by molar-refractivity contribution is 6.30. The van der Waals surface area contributed by atoms with Gasteiger partial charge in [0.2, 0.25) is 0 Å². The number of nitrogen functional groups attached to an aromatic ring is 1. The van der Waals surface area contributed by atoms with E-state index in [-0.39, 0.29) is 22.7 Å². The van der Waals surface area contributed by atoms with Gasteiger partial charge in [-0.2, -0.15) is 0 Å². The van der Waals surface area contributed by atoms with E-state index < -0.39 is 11.8 Å². The van der Waals surface area contributed by atoms with E-state index in [9.17, 15) is 9.18 Å². The molecule has 0 aliphatic heterocycles. The van der Waals surface area contributed by atoms with Gasteiger partial charge in [-0.25, -0.2) is 4.39 Å². The van der Waals surface area contributed by atoms with Gasteiger partial charge in [0.1, 0.15) is 12.2 Å². The third kappa shape index (κ3) is 3.97. The van der Waals surface area contributed by atoms with E-state index >= 15 is 0 Å². The first kappa shape index (κ1) is 13.3. The maximum atomic E-state index is 13.2. The van der Waals surface area contributed by atoms with Crippen LogP contribution < -0.4 is 5.73 Å². The summed E-state index contributed by atoms with van der Waals surface area (Å²) < 4.78 is 17.9. The molecule has 2 N–H and O–H groups in total. The molecule has 5 heteroatoms. The largest absolute Gasteiger partial charge is 0.465 e. The molecule has 0 unspecified atom stereocenters. The van der Waals surface area contributed by atoms with Gasteiger partial charge in [-0.05, 0) is 19.1 Å². The quantitative estimate of drug-likeness (QED) is 0.501. The maximum absolute atomic E-state index is 13.2. The Morgan fingerprint density at radius 3 is 2.94 bits per heavy atom. The Morgan fingerprint density at radius 1 is 1.59 bits per heavy atom. The average molecular weight is 256 g/mol. The van der Waals surface area contributed by atoms with Crippen LogP contribution in [0.25, 0.3) is 0 Å². The van der Waals surface area contributed by atoms with E-state index in [1.807, 2.05) is 0 Å². The van der Waals surface area contributed by atoms with Gasteiger partial charge in [-0.15, -0.1) is 0 Å². The molecule has 17 heavy (non-hydrogen) atoms. The number of hydrogen-bond acceptors (Lipinski definition) is 3. The van der Waals surface area contributed by atoms with E-state index in [1.54, 1.807) is 6.92 Å². The maximum Gasteiger partial charge on any atom is 0.317 e. The molecule has 0 spiro atoms. The minimum Gasteiger partial charge on any atom is -0.465 e. The van der Waals surface area contributed by atoms with E-state index in [0.717, 1.165) is 6.07 Å². The number of halogens is 2. The van der Waals surface area contributed by atoms with E-state index in [2.05, 4.69) is 16.6 Å². The van der Waals surface area contributed by atoms with Crippen molar-refractivity contribution in [3.8, 4) is 11.8 Å². The van der Waals surface area contributed by atoms with Gasteiger partial charge in [0, 0.05) is 5.02 Å². The Balaban J connectivity index is 2.82. The molecule has 0 radical (unpaired) electrons. The van der Waals surface area contributed by atoms with Crippen LogP contribution in [0.2, 0.25) is 5.02 Å². The molecule has 0 saturated heterocycles. The van der Waals surface area contributed by atoms with Crippen molar-refractivity contribution in [2.45, 2.75) is 13.3 Å². The van der Waals surface area contributed by atoms with Crippen LogP contribution in [0.1, 0.15) is 18.9 Å². The van der Waals surface area contributed by atoms with E-state index in [1.165, 1.54) is 6.07 Å². The molecule has 3 nitrogen and oxygen atoms in total. The van der Waals surface area contributed by atoms with Crippen LogP contribution in [-0.2, 0) is 9.53 Å². The van der Waals surface area contributed by atoms with Gasteiger partial charge in [-0.3, -0.25) is 4.79 Å². The number of carbonyl (C=O) groups is 1. The highest BCUT2D eigenvalue weighted by Crippen LogP contribution is 2.21. The smallest absolute Gasteiger partial charge is 0.317 e.